The van der Waals surface area contributed by atoms with Gasteiger partial charge in [0.1, 0.15) is 5.75 Å². The predicted octanol–water partition coefficient (Wildman–Crippen LogP) is 2.29. The van der Waals surface area contributed by atoms with Crippen molar-refractivity contribution in [3.05, 3.63) is 24.3 Å². The number of anilines is 1. The molecule has 5 heteroatoms. The van der Waals surface area contributed by atoms with Gasteiger partial charge in [-0.2, -0.15) is 0 Å². The Morgan fingerprint density at radius 3 is 2.47 bits per heavy atom. The van der Waals surface area contributed by atoms with E-state index in [1.807, 2.05) is 38.1 Å². The molecule has 0 aliphatic rings. The summed E-state index contributed by atoms with van der Waals surface area (Å²) in [6.45, 7) is 5.23. The highest BCUT2D eigenvalue weighted by molar-refractivity contribution is 5.89. The van der Waals surface area contributed by atoms with Crippen LogP contribution in [-0.2, 0) is 0 Å². The zero-order valence-electron chi connectivity index (χ0n) is 11.8. The van der Waals surface area contributed by atoms with Gasteiger partial charge >= 0.3 is 6.03 Å². The number of nitrogens with one attached hydrogen (secondary N) is 1. The summed E-state index contributed by atoms with van der Waals surface area (Å²) in [7, 11) is 1.61. The summed E-state index contributed by atoms with van der Waals surface area (Å²) >= 11 is 0. The molecule has 2 amide bonds. The Kier molecular flexibility index (Phi) is 6.15. The van der Waals surface area contributed by atoms with Crippen molar-refractivity contribution in [2.45, 2.75) is 26.3 Å². The van der Waals surface area contributed by atoms with E-state index in [0.29, 0.717) is 13.1 Å². The van der Waals surface area contributed by atoms with Crippen molar-refractivity contribution in [3.8, 4) is 5.75 Å². The zero-order valence-corrected chi connectivity index (χ0v) is 11.8. The van der Waals surface area contributed by atoms with E-state index in [4.69, 9.17) is 10.5 Å². The quantitative estimate of drug-likeness (QED) is 0.829. The van der Waals surface area contributed by atoms with Gasteiger partial charge in [-0.25, -0.2) is 4.79 Å². The molecule has 0 aliphatic heterocycles. The molecular weight excluding hydrogens is 242 g/mol. The molecule has 1 rings (SSSR count). The zero-order chi connectivity index (χ0) is 14.3. The number of hydrogen-bond acceptors (Lipinski definition) is 3. The number of benzene rings is 1. The van der Waals surface area contributed by atoms with E-state index >= 15 is 0 Å². The summed E-state index contributed by atoms with van der Waals surface area (Å²) < 4.78 is 5.08. The Balaban J connectivity index is 2.64. The minimum atomic E-state index is -0.103. The molecule has 0 fully saturated rings. The van der Waals surface area contributed by atoms with Crippen LogP contribution >= 0.6 is 0 Å². The maximum Gasteiger partial charge on any atom is 0.322 e. The molecule has 0 radical (unpaired) electrons. The lowest BCUT2D eigenvalue weighted by Crippen LogP contribution is -2.41. The van der Waals surface area contributed by atoms with Crippen LogP contribution in [0.4, 0.5) is 10.5 Å². The van der Waals surface area contributed by atoms with Crippen LogP contribution in [0, 0.1) is 0 Å². The fraction of sp³-hybridized carbons (Fsp3) is 0.500. The summed E-state index contributed by atoms with van der Waals surface area (Å²) in [5.41, 5.74) is 6.24. The summed E-state index contributed by atoms with van der Waals surface area (Å²) in [5, 5.41) is 2.87. The monoisotopic (exact) mass is 265 g/mol. The molecule has 0 heterocycles. The van der Waals surface area contributed by atoms with Crippen molar-refractivity contribution in [3.63, 3.8) is 0 Å². The molecule has 3 N–H and O–H groups in total. The Hall–Kier alpha value is -1.75. The first-order valence-corrected chi connectivity index (χ1v) is 6.50. The summed E-state index contributed by atoms with van der Waals surface area (Å²) in [6, 6.07) is 7.30. The van der Waals surface area contributed by atoms with Crippen LogP contribution in [0.3, 0.4) is 0 Å². The van der Waals surface area contributed by atoms with Gasteiger partial charge in [0.2, 0.25) is 0 Å². The van der Waals surface area contributed by atoms with E-state index in [9.17, 15) is 4.79 Å². The van der Waals surface area contributed by atoms with Crippen LogP contribution in [0.1, 0.15) is 20.3 Å². The van der Waals surface area contributed by atoms with Crippen molar-refractivity contribution in [1.82, 2.24) is 4.90 Å². The number of nitrogens with two attached hydrogens (primary N) is 1. The highest BCUT2D eigenvalue weighted by atomic mass is 16.5. The standard InChI is InChI=1S/C14H23N3O2/c1-11(2)17(10-4-9-15)14(18)16-12-5-7-13(19-3)8-6-12/h5-8,11H,4,9-10,15H2,1-3H3,(H,16,18). The molecule has 0 unspecified atom stereocenters. The van der Waals surface area contributed by atoms with E-state index in [-0.39, 0.29) is 12.1 Å². The Morgan fingerprint density at radius 2 is 2.00 bits per heavy atom. The average Bonchev–Trinajstić information content (AvgIpc) is 2.39. The third-order valence-corrected chi connectivity index (χ3v) is 2.83. The van der Waals surface area contributed by atoms with Gasteiger partial charge in [0, 0.05) is 18.3 Å². The largest absolute Gasteiger partial charge is 0.497 e. The second-order valence-corrected chi connectivity index (χ2v) is 4.59. The lowest BCUT2D eigenvalue weighted by molar-refractivity contribution is 0.196. The van der Waals surface area contributed by atoms with Gasteiger partial charge in [-0.05, 0) is 51.1 Å². The number of rotatable bonds is 6. The molecule has 0 spiro atoms. The fourth-order valence-corrected chi connectivity index (χ4v) is 1.73. The van der Waals surface area contributed by atoms with Gasteiger partial charge in [0.25, 0.3) is 0 Å². The van der Waals surface area contributed by atoms with E-state index < -0.39 is 0 Å². The van der Waals surface area contributed by atoms with Gasteiger partial charge in [-0.15, -0.1) is 0 Å². The van der Waals surface area contributed by atoms with Gasteiger partial charge in [0.15, 0.2) is 0 Å². The van der Waals surface area contributed by atoms with Crippen molar-refractivity contribution < 1.29 is 9.53 Å². The first-order chi connectivity index (χ1) is 9.08. The molecule has 1 aromatic carbocycles. The number of carbonyl (C=O) groups is 1. The predicted molar refractivity (Wildman–Crippen MR) is 77.5 cm³/mol. The average molecular weight is 265 g/mol. The first kappa shape index (κ1) is 15.3. The molecule has 0 aromatic heterocycles. The number of methoxy groups -OCH3 is 1. The van der Waals surface area contributed by atoms with Crippen LogP contribution in [0.2, 0.25) is 0 Å². The topological polar surface area (TPSA) is 67.6 Å². The number of nitrogens with zero attached hydrogens (tertiary/aromatic N) is 1. The summed E-state index contributed by atoms with van der Waals surface area (Å²) in [5.74, 6) is 0.766. The number of amides is 2. The molecule has 5 nitrogen and oxygen atoms in total. The second-order valence-electron chi connectivity index (χ2n) is 4.59. The van der Waals surface area contributed by atoms with Gasteiger partial charge in [-0.3, -0.25) is 0 Å². The lowest BCUT2D eigenvalue weighted by Gasteiger charge is -2.26. The van der Waals surface area contributed by atoms with E-state index in [1.54, 1.807) is 12.0 Å². The maximum absolute atomic E-state index is 12.2. The molecule has 1 aromatic rings. The van der Waals surface area contributed by atoms with Crippen molar-refractivity contribution in [2.24, 2.45) is 5.73 Å². The molecule has 0 saturated carbocycles. The first-order valence-electron chi connectivity index (χ1n) is 6.50. The SMILES string of the molecule is COc1ccc(NC(=O)N(CCCN)C(C)C)cc1. The molecular formula is C14H23N3O2. The Morgan fingerprint density at radius 1 is 1.37 bits per heavy atom. The van der Waals surface area contributed by atoms with Crippen molar-refractivity contribution in [2.75, 3.05) is 25.5 Å². The van der Waals surface area contributed by atoms with E-state index in [0.717, 1.165) is 17.9 Å². The number of urea groups is 1. The van der Waals surface area contributed by atoms with Crippen LogP contribution in [-0.4, -0.2) is 37.2 Å². The number of carbonyl (C=O) groups excluding carboxylic acids is 1. The van der Waals surface area contributed by atoms with Crippen molar-refractivity contribution >= 4 is 11.7 Å². The fourth-order valence-electron chi connectivity index (χ4n) is 1.73. The second kappa shape index (κ2) is 7.63. The lowest BCUT2D eigenvalue weighted by atomic mass is 10.3. The molecule has 19 heavy (non-hydrogen) atoms. The number of hydrogen-bond donors (Lipinski definition) is 2. The smallest absolute Gasteiger partial charge is 0.322 e. The Bertz CT molecular complexity index is 390. The highest BCUT2D eigenvalue weighted by Gasteiger charge is 2.16. The maximum atomic E-state index is 12.2. The number of ether oxygens (including phenoxy) is 1. The van der Waals surface area contributed by atoms with Gasteiger partial charge < -0.3 is 20.7 Å². The summed E-state index contributed by atoms with van der Waals surface area (Å²) in [4.78, 5) is 13.9. The normalized spacial score (nSPS) is 10.4. The third kappa shape index (κ3) is 4.79. The molecule has 0 saturated heterocycles. The molecule has 0 bridgehead atoms. The van der Waals surface area contributed by atoms with Crippen molar-refractivity contribution in [1.29, 1.82) is 0 Å². The van der Waals surface area contributed by atoms with Crippen LogP contribution in [0.25, 0.3) is 0 Å². The van der Waals surface area contributed by atoms with E-state index in [2.05, 4.69) is 5.32 Å². The highest BCUT2D eigenvalue weighted by Crippen LogP contribution is 2.15. The van der Waals surface area contributed by atoms with Crippen LogP contribution in [0.5, 0.6) is 5.75 Å². The van der Waals surface area contributed by atoms with Crippen LogP contribution < -0.4 is 15.8 Å². The third-order valence-electron chi connectivity index (χ3n) is 2.83. The van der Waals surface area contributed by atoms with E-state index in [1.165, 1.54) is 0 Å². The van der Waals surface area contributed by atoms with Gasteiger partial charge in [-0.1, -0.05) is 0 Å². The summed E-state index contributed by atoms with van der Waals surface area (Å²) in [6.07, 6.45) is 0.800. The minimum absolute atomic E-state index is 0.103. The van der Waals surface area contributed by atoms with Gasteiger partial charge in [0.05, 0.1) is 7.11 Å². The van der Waals surface area contributed by atoms with Crippen LogP contribution in [0.15, 0.2) is 24.3 Å². The molecule has 0 aliphatic carbocycles. The molecule has 106 valence electrons. The minimum Gasteiger partial charge on any atom is -0.497 e. The molecule has 0 atom stereocenters. The Labute approximate surface area is 114 Å².